The van der Waals surface area contributed by atoms with E-state index in [2.05, 4.69) is 39.7 Å². The van der Waals surface area contributed by atoms with Crippen LogP contribution >= 0.6 is 15.9 Å². The van der Waals surface area contributed by atoms with E-state index < -0.39 is 0 Å². The van der Waals surface area contributed by atoms with Gasteiger partial charge < -0.3 is 4.98 Å². The normalized spacial score (nSPS) is 11.5. The van der Waals surface area contributed by atoms with Crippen molar-refractivity contribution in [2.24, 2.45) is 5.92 Å². The maximum Gasteiger partial charge on any atom is 0.254 e. The third kappa shape index (κ3) is 4.67. The molecule has 0 aliphatic heterocycles. The van der Waals surface area contributed by atoms with Gasteiger partial charge in [-0.15, -0.1) is 0 Å². The molecule has 0 radical (unpaired) electrons. The predicted octanol–water partition coefficient (Wildman–Crippen LogP) is 4.60. The van der Waals surface area contributed by atoms with Crippen LogP contribution in [0.1, 0.15) is 42.9 Å². The highest BCUT2D eigenvalue weighted by atomic mass is 79.9. The summed E-state index contributed by atoms with van der Waals surface area (Å²) < 4.78 is 1.04. The maximum absolute atomic E-state index is 12.2. The molecular formula is C18H21BrN2O. The van der Waals surface area contributed by atoms with Crippen molar-refractivity contribution in [3.05, 3.63) is 61.7 Å². The zero-order chi connectivity index (χ0) is 16.1. The van der Waals surface area contributed by atoms with Gasteiger partial charge in [-0.25, -0.2) is 4.98 Å². The minimum Gasteiger partial charge on any atom is -0.307 e. The number of nitrogens with zero attached hydrogens (tertiary/aromatic N) is 1. The first kappa shape index (κ1) is 16.7. The van der Waals surface area contributed by atoms with Crippen molar-refractivity contribution < 1.29 is 0 Å². The van der Waals surface area contributed by atoms with E-state index in [1.807, 2.05) is 43.3 Å². The average Bonchev–Trinajstić information content (AvgIpc) is 2.45. The summed E-state index contributed by atoms with van der Waals surface area (Å²) in [5.74, 6) is 1.18. The minimum absolute atomic E-state index is 0.0244. The van der Waals surface area contributed by atoms with E-state index in [0.29, 0.717) is 11.7 Å². The Hall–Kier alpha value is -1.68. The fourth-order valence-electron chi connectivity index (χ4n) is 2.19. The fraction of sp³-hybridized carbons (Fsp3) is 0.333. The number of halogens is 1. The molecule has 2 aromatic rings. The molecule has 1 aromatic heterocycles. The van der Waals surface area contributed by atoms with Crippen LogP contribution in [0.3, 0.4) is 0 Å². The van der Waals surface area contributed by atoms with Gasteiger partial charge in [0.05, 0.1) is 0 Å². The second-order valence-corrected chi connectivity index (χ2v) is 6.75. The first-order valence-corrected chi connectivity index (χ1v) is 8.28. The molecule has 4 heteroatoms. The van der Waals surface area contributed by atoms with E-state index in [0.717, 1.165) is 34.1 Å². The molecule has 116 valence electrons. The van der Waals surface area contributed by atoms with Crippen LogP contribution in [0.2, 0.25) is 0 Å². The standard InChI is InChI=1S/C18H21BrN2O/c1-12(2)4-10-16-13(3)20-17(21-18(16)22)11-7-14-5-8-15(19)9-6-14/h5-9,11-12H,4,10H2,1-3H3,(H,20,21,22)/b11-7+. The monoisotopic (exact) mass is 360 g/mol. The van der Waals surface area contributed by atoms with Crippen LogP contribution in [0.4, 0.5) is 0 Å². The van der Waals surface area contributed by atoms with Gasteiger partial charge in [-0.1, -0.05) is 48.0 Å². The van der Waals surface area contributed by atoms with Crippen LogP contribution < -0.4 is 5.56 Å². The quantitative estimate of drug-likeness (QED) is 0.846. The summed E-state index contributed by atoms with van der Waals surface area (Å²) in [6.07, 6.45) is 5.56. The number of hydrogen-bond acceptors (Lipinski definition) is 2. The smallest absolute Gasteiger partial charge is 0.254 e. The van der Waals surface area contributed by atoms with Crippen molar-refractivity contribution in [1.29, 1.82) is 0 Å². The molecule has 0 fully saturated rings. The van der Waals surface area contributed by atoms with Crippen molar-refractivity contribution >= 4 is 28.1 Å². The van der Waals surface area contributed by atoms with Gasteiger partial charge >= 0.3 is 0 Å². The Kier molecular flexibility index (Phi) is 5.72. The molecular weight excluding hydrogens is 340 g/mol. The summed E-state index contributed by atoms with van der Waals surface area (Å²) >= 11 is 3.41. The van der Waals surface area contributed by atoms with Crippen LogP contribution in [0, 0.1) is 12.8 Å². The summed E-state index contributed by atoms with van der Waals surface area (Å²) in [5.41, 5.74) is 2.66. The second-order valence-electron chi connectivity index (χ2n) is 5.83. The second kappa shape index (κ2) is 7.54. The van der Waals surface area contributed by atoms with Crippen molar-refractivity contribution in [1.82, 2.24) is 9.97 Å². The minimum atomic E-state index is -0.0244. The van der Waals surface area contributed by atoms with Crippen LogP contribution in [0.25, 0.3) is 12.2 Å². The van der Waals surface area contributed by atoms with E-state index in [1.54, 1.807) is 0 Å². The lowest BCUT2D eigenvalue weighted by molar-refractivity contribution is 0.582. The summed E-state index contributed by atoms with van der Waals surface area (Å²) in [6.45, 7) is 6.22. The molecule has 0 aliphatic carbocycles. The van der Waals surface area contributed by atoms with E-state index in [1.165, 1.54) is 0 Å². The molecule has 3 nitrogen and oxygen atoms in total. The van der Waals surface area contributed by atoms with Crippen LogP contribution in [-0.2, 0) is 6.42 Å². The van der Waals surface area contributed by atoms with Gasteiger partial charge in [-0.2, -0.15) is 0 Å². The number of hydrogen-bond donors (Lipinski definition) is 1. The Balaban J connectivity index is 2.19. The third-order valence-electron chi connectivity index (χ3n) is 3.52. The molecule has 22 heavy (non-hydrogen) atoms. The number of rotatable bonds is 5. The first-order valence-electron chi connectivity index (χ1n) is 7.49. The van der Waals surface area contributed by atoms with Gasteiger partial charge in [0.15, 0.2) is 0 Å². The summed E-state index contributed by atoms with van der Waals surface area (Å²) in [6, 6.07) is 7.97. The number of aromatic nitrogens is 2. The topological polar surface area (TPSA) is 45.8 Å². The Morgan fingerprint density at radius 1 is 1.23 bits per heavy atom. The number of aromatic amines is 1. The first-order chi connectivity index (χ1) is 10.5. The van der Waals surface area contributed by atoms with Gasteiger partial charge in [0.2, 0.25) is 0 Å². The van der Waals surface area contributed by atoms with Crippen molar-refractivity contribution in [3.63, 3.8) is 0 Å². The largest absolute Gasteiger partial charge is 0.307 e. The summed E-state index contributed by atoms with van der Waals surface area (Å²) in [5, 5.41) is 0. The molecule has 1 aromatic carbocycles. The van der Waals surface area contributed by atoms with E-state index in [-0.39, 0.29) is 5.56 Å². The summed E-state index contributed by atoms with van der Waals surface area (Å²) in [4.78, 5) is 19.5. The van der Waals surface area contributed by atoms with Crippen molar-refractivity contribution in [2.45, 2.75) is 33.6 Å². The van der Waals surface area contributed by atoms with Crippen molar-refractivity contribution in [3.8, 4) is 0 Å². The molecule has 0 bridgehead atoms. The fourth-order valence-corrected chi connectivity index (χ4v) is 2.45. The molecule has 1 N–H and O–H groups in total. The molecule has 0 aliphatic rings. The number of aryl methyl sites for hydroxylation is 1. The zero-order valence-electron chi connectivity index (χ0n) is 13.2. The van der Waals surface area contributed by atoms with E-state index in [9.17, 15) is 4.79 Å². The van der Waals surface area contributed by atoms with Gasteiger partial charge in [0.1, 0.15) is 5.82 Å². The van der Waals surface area contributed by atoms with E-state index in [4.69, 9.17) is 0 Å². The Labute approximate surface area is 139 Å². The van der Waals surface area contributed by atoms with Gasteiger partial charge in [0, 0.05) is 15.7 Å². The zero-order valence-corrected chi connectivity index (χ0v) is 14.8. The predicted molar refractivity (Wildman–Crippen MR) is 95.8 cm³/mol. The molecule has 2 rings (SSSR count). The SMILES string of the molecule is Cc1nc(/C=C/c2ccc(Br)cc2)[nH]c(=O)c1CCC(C)C. The Bertz CT molecular complexity index is 715. The molecule has 0 spiro atoms. The number of nitrogens with one attached hydrogen (secondary N) is 1. The Morgan fingerprint density at radius 3 is 2.50 bits per heavy atom. The number of benzene rings is 1. The van der Waals surface area contributed by atoms with E-state index >= 15 is 0 Å². The van der Waals surface area contributed by atoms with Gasteiger partial charge in [0.25, 0.3) is 5.56 Å². The third-order valence-corrected chi connectivity index (χ3v) is 4.04. The lowest BCUT2D eigenvalue weighted by atomic mass is 10.0. The highest BCUT2D eigenvalue weighted by Crippen LogP contribution is 2.13. The molecule has 0 unspecified atom stereocenters. The number of H-pyrrole nitrogens is 1. The molecule has 0 amide bonds. The van der Waals surface area contributed by atoms with Crippen molar-refractivity contribution in [2.75, 3.05) is 0 Å². The molecule has 1 heterocycles. The average molecular weight is 361 g/mol. The van der Waals surface area contributed by atoms with Crippen LogP contribution in [-0.4, -0.2) is 9.97 Å². The summed E-state index contributed by atoms with van der Waals surface area (Å²) in [7, 11) is 0. The highest BCUT2D eigenvalue weighted by molar-refractivity contribution is 9.10. The highest BCUT2D eigenvalue weighted by Gasteiger charge is 2.07. The molecule has 0 saturated carbocycles. The molecule has 0 atom stereocenters. The lowest BCUT2D eigenvalue weighted by Gasteiger charge is -2.07. The van der Waals surface area contributed by atoms with Gasteiger partial charge in [-0.05, 0) is 49.5 Å². The van der Waals surface area contributed by atoms with Gasteiger partial charge in [-0.3, -0.25) is 4.79 Å². The van der Waals surface area contributed by atoms with Crippen LogP contribution in [0.5, 0.6) is 0 Å². The maximum atomic E-state index is 12.2. The van der Waals surface area contributed by atoms with Crippen LogP contribution in [0.15, 0.2) is 33.5 Å². The lowest BCUT2D eigenvalue weighted by Crippen LogP contribution is -2.18. The molecule has 0 saturated heterocycles. The Morgan fingerprint density at radius 2 is 1.91 bits per heavy atom.